The van der Waals surface area contributed by atoms with Crippen LogP contribution in [0.5, 0.6) is 5.75 Å². The van der Waals surface area contributed by atoms with Crippen molar-refractivity contribution >= 4 is 22.4 Å². The molecule has 0 aliphatic carbocycles. The molecule has 4 rings (SSSR count). The predicted molar refractivity (Wildman–Crippen MR) is 115 cm³/mol. The summed E-state index contributed by atoms with van der Waals surface area (Å²) >= 11 is 1.38. The zero-order valence-corrected chi connectivity index (χ0v) is 17.6. The largest absolute Gasteiger partial charge is 0.485 e. The highest BCUT2D eigenvalue weighted by Gasteiger charge is 2.15. The number of rotatable bonds is 6. The Morgan fingerprint density at radius 2 is 1.93 bits per heavy atom. The number of ether oxygens (including phenoxy) is 1. The average Bonchev–Trinajstić information content (AvgIpc) is 3.37. The summed E-state index contributed by atoms with van der Waals surface area (Å²) in [6.07, 6.45) is 0. The van der Waals surface area contributed by atoms with Crippen LogP contribution in [0.4, 0.5) is 5.13 Å². The van der Waals surface area contributed by atoms with Gasteiger partial charge in [-0.2, -0.15) is 4.98 Å². The van der Waals surface area contributed by atoms with Gasteiger partial charge in [0.25, 0.3) is 5.91 Å². The van der Waals surface area contributed by atoms with Crippen LogP contribution in [0.1, 0.15) is 33.2 Å². The van der Waals surface area contributed by atoms with Crippen molar-refractivity contribution in [2.24, 2.45) is 0 Å². The third-order valence-electron chi connectivity index (χ3n) is 4.59. The lowest BCUT2D eigenvalue weighted by Crippen LogP contribution is -2.13. The second-order valence-corrected chi connectivity index (χ2v) is 7.66. The topological polar surface area (TPSA) is 90.1 Å². The van der Waals surface area contributed by atoms with Gasteiger partial charge in [0.1, 0.15) is 5.75 Å². The highest BCUT2D eigenvalue weighted by atomic mass is 32.1. The molecule has 0 fully saturated rings. The lowest BCUT2D eigenvalue weighted by Gasteiger charge is -2.09. The lowest BCUT2D eigenvalue weighted by atomic mass is 10.1. The Hall–Kier alpha value is -3.52. The van der Waals surface area contributed by atoms with E-state index in [1.165, 1.54) is 22.5 Å². The number of anilines is 1. The number of hydrogen-bond acceptors (Lipinski definition) is 7. The molecule has 2 aromatic carbocycles. The molecule has 1 N–H and O–H groups in total. The van der Waals surface area contributed by atoms with Gasteiger partial charge in [0.15, 0.2) is 11.7 Å². The van der Waals surface area contributed by atoms with Crippen LogP contribution >= 0.6 is 11.3 Å². The molecule has 152 valence electrons. The van der Waals surface area contributed by atoms with Crippen molar-refractivity contribution in [2.75, 3.05) is 5.32 Å². The Balaban J connectivity index is 1.48. The van der Waals surface area contributed by atoms with E-state index in [2.05, 4.69) is 46.4 Å². The molecule has 2 heterocycles. The number of amides is 1. The first-order valence-electron chi connectivity index (χ1n) is 9.35. The Morgan fingerprint density at radius 3 is 2.70 bits per heavy atom. The number of aryl methyl sites for hydroxylation is 3. The van der Waals surface area contributed by atoms with E-state index < -0.39 is 0 Å². The zero-order valence-electron chi connectivity index (χ0n) is 16.8. The number of hydrogen-bond donors (Lipinski definition) is 1. The van der Waals surface area contributed by atoms with Crippen LogP contribution < -0.4 is 10.1 Å². The van der Waals surface area contributed by atoms with Crippen molar-refractivity contribution in [2.45, 2.75) is 27.4 Å². The fourth-order valence-electron chi connectivity index (χ4n) is 2.85. The minimum Gasteiger partial charge on any atom is -0.485 e. The summed E-state index contributed by atoms with van der Waals surface area (Å²) in [4.78, 5) is 21.5. The van der Waals surface area contributed by atoms with Gasteiger partial charge in [-0.05, 0) is 43.2 Å². The third-order valence-corrected chi connectivity index (χ3v) is 5.34. The molecule has 0 bridgehead atoms. The van der Waals surface area contributed by atoms with E-state index in [0.29, 0.717) is 28.2 Å². The Morgan fingerprint density at radius 1 is 1.10 bits per heavy atom. The molecule has 0 atom stereocenters. The van der Waals surface area contributed by atoms with Gasteiger partial charge in [0.05, 0.1) is 11.3 Å². The van der Waals surface area contributed by atoms with Gasteiger partial charge in [0, 0.05) is 17.9 Å². The van der Waals surface area contributed by atoms with Gasteiger partial charge < -0.3 is 9.26 Å². The van der Waals surface area contributed by atoms with Gasteiger partial charge in [0.2, 0.25) is 11.7 Å². The third kappa shape index (κ3) is 4.38. The van der Waals surface area contributed by atoms with Crippen molar-refractivity contribution in [3.63, 3.8) is 0 Å². The van der Waals surface area contributed by atoms with Crippen molar-refractivity contribution in [3.8, 4) is 17.0 Å². The van der Waals surface area contributed by atoms with E-state index in [4.69, 9.17) is 9.26 Å². The van der Waals surface area contributed by atoms with Crippen LogP contribution in [-0.4, -0.2) is 21.0 Å². The number of aromatic nitrogens is 3. The van der Waals surface area contributed by atoms with E-state index in [-0.39, 0.29) is 12.5 Å². The fraction of sp³-hybridized carbons (Fsp3) is 0.182. The smallest absolute Gasteiger partial charge is 0.261 e. The molecule has 0 aliphatic rings. The van der Waals surface area contributed by atoms with Gasteiger partial charge in [-0.15, -0.1) is 11.3 Å². The van der Waals surface area contributed by atoms with Crippen LogP contribution in [0.2, 0.25) is 0 Å². The number of nitrogens with one attached hydrogen (secondary N) is 1. The minimum absolute atomic E-state index is 0.107. The van der Waals surface area contributed by atoms with Crippen molar-refractivity contribution in [3.05, 3.63) is 76.3 Å². The standard InChI is InChI=1S/C22H20N4O3S/c1-13-8-9-16(10-14(13)2)18-12-30-22(24-18)25-21(27)17-6-4-5-7-19(17)28-11-20-23-15(3)29-26-20/h4-10,12H,11H2,1-3H3,(H,24,25,27). The number of carbonyl (C=O) groups is 1. The van der Waals surface area contributed by atoms with Crippen LogP contribution in [0.15, 0.2) is 52.4 Å². The molecule has 1 amide bonds. The first kappa shape index (κ1) is 19.8. The molecule has 0 aliphatic heterocycles. The summed E-state index contributed by atoms with van der Waals surface area (Å²) in [5, 5.41) is 9.11. The Bertz CT molecular complexity index is 1200. The Kier molecular flexibility index (Phi) is 5.58. The van der Waals surface area contributed by atoms with Gasteiger partial charge in [-0.25, -0.2) is 4.98 Å². The quantitative estimate of drug-likeness (QED) is 0.475. The van der Waals surface area contributed by atoms with E-state index in [1.54, 1.807) is 31.2 Å². The zero-order chi connectivity index (χ0) is 21.1. The predicted octanol–water partition coefficient (Wildman–Crippen LogP) is 4.95. The number of nitrogens with zero attached hydrogens (tertiary/aromatic N) is 3. The van der Waals surface area contributed by atoms with Gasteiger partial charge >= 0.3 is 0 Å². The summed E-state index contributed by atoms with van der Waals surface area (Å²) in [6.45, 7) is 5.96. The first-order valence-corrected chi connectivity index (χ1v) is 10.2. The molecular weight excluding hydrogens is 400 g/mol. The molecule has 2 aromatic heterocycles. The maximum Gasteiger partial charge on any atom is 0.261 e. The van der Waals surface area contributed by atoms with E-state index >= 15 is 0 Å². The second-order valence-electron chi connectivity index (χ2n) is 6.81. The second kappa shape index (κ2) is 8.46. The normalized spacial score (nSPS) is 10.8. The SMILES string of the molecule is Cc1nc(COc2ccccc2C(=O)Nc2nc(-c3ccc(C)c(C)c3)cs2)no1. The minimum atomic E-state index is -0.295. The molecule has 0 saturated carbocycles. The molecular formula is C22H20N4O3S. The summed E-state index contributed by atoms with van der Waals surface area (Å²) in [5.74, 6) is 1.02. The van der Waals surface area contributed by atoms with Crippen LogP contribution in [0, 0.1) is 20.8 Å². The van der Waals surface area contributed by atoms with Crippen molar-refractivity contribution in [1.29, 1.82) is 0 Å². The molecule has 30 heavy (non-hydrogen) atoms. The summed E-state index contributed by atoms with van der Waals surface area (Å²) in [5.41, 5.74) is 4.69. The highest BCUT2D eigenvalue weighted by molar-refractivity contribution is 7.14. The van der Waals surface area contributed by atoms with Crippen LogP contribution in [0.25, 0.3) is 11.3 Å². The van der Waals surface area contributed by atoms with E-state index in [0.717, 1.165) is 11.3 Å². The van der Waals surface area contributed by atoms with Gasteiger partial charge in [-0.3, -0.25) is 10.1 Å². The summed E-state index contributed by atoms with van der Waals surface area (Å²) < 4.78 is 10.7. The highest BCUT2D eigenvalue weighted by Crippen LogP contribution is 2.27. The number of thiazole rings is 1. The first-order chi connectivity index (χ1) is 14.5. The maximum absolute atomic E-state index is 12.8. The van der Waals surface area contributed by atoms with Crippen LogP contribution in [0.3, 0.4) is 0 Å². The van der Waals surface area contributed by atoms with Crippen molar-refractivity contribution in [1.82, 2.24) is 15.1 Å². The molecule has 0 radical (unpaired) electrons. The molecule has 8 heteroatoms. The molecule has 0 spiro atoms. The maximum atomic E-state index is 12.8. The molecule has 7 nitrogen and oxygen atoms in total. The van der Waals surface area contributed by atoms with Gasteiger partial charge in [-0.1, -0.05) is 29.4 Å². The fourth-order valence-corrected chi connectivity index (χ4v) is 3.57. The lowest BCUT2D eigenvalue weighted by molar-refractivity contribution is 0.102. The molecule has 0 saturated heterocycles. The summed E-state index contributed by atoms with van der Waals surface area (Å²) in [6, 6.07) is 13.2. The summed E-state index contributed by atoms with van der Waals surface area (Å²) in [7, 11) is 0. The van der Waals surface area contributed by atoms with Crippen LogP contribution in [-0.2, 0) is 6.61 Å². The average molecular weight is 420 g/mol. The number of carbonyl (C=O) groups excluding carboxylic acids is 1. The monoisotopic (exact) mass is 420 g/mol. The van der Waals surface area contributed by atoms with E-state index in [1.807, 2.05) is 11.4 Å². The number of benzene rings is 2. The number of para-hydroxylation sites is 1. The van der Waals surface area contributed by atoms with E-state index in [9.17, 15) is 4.79 Å². The van der Waals surface area contributed by atoms with Crippen molar-refractivity contribution < 1.29 is 14.1 Å². The molecule has 0 unspecified atom stereocenters. The Labute approximate surface area is 177 Å². The molecule has 4 aromatic rings.